The molecule has 0 aliphatic rings. The molecule has 0 heterocycles. The Bertz CT molecular complexity index is 1050. The van der Waals surface area contributed by atoms with Crippen LogP contribution in [0.2, 0.25) is 0 Å². The van der Waals surface area contributed by atoms with Gasteiger partial charge in [0.1, 0.15) is 0 Å². The van der Waals surface area contributed by atoms with Crippen molar-refractivity contribution < 1.29 is 13.2 Å². The van der Waals surface area contributed by atoms with Crippen LogP contribution in [0.5, 0.6) is 0 Å². The van der Waals surface area contributed by atoms with E-state index in [1.165, 1.54) is 24.3 Å². The number of fused-ring (bicyclic) bond motifs is 1. The topological polar surface area (TPSA) is 75.3 Å². The molecule has 6 heteroatoms. The molecule has 3 aromatic carbocycles. The van der Waals surface area contributed by atoms with Crippen molar-refractivity contribution in [3.05, 3.63) is 72.3 Å². The number of sulfonamides is 1. The smallest absolute Gasteiger partial charge is 0.255 e. The Kier molecular flexibility index (Phi) is 5.58. The zero-order valence-corrected chi connectivity index (χ0v) is 16.1. The van der Waals surface area contributed by atoms with Crippen LogP contribution in [-0.4, -0.2) is 20.4 Å². The molecule has 0 saturated carbocycles. The predicted molar refractivity (Wildman–Crippen MR) is 108 cm³/mol. The van der Waals surface area contributed by atoms with Gasteiger partial charge in [0.05, 0.1) is 4.90 Å². The van der Waals surface area contributed by atoms with Crippen LogP contribution in [0, 0.1) is 0 Å². The SMILES string of the molecule is CC[C@@H](C)NS(=O)(=O)c1ccc(C(=O)Nc2cccc3ccccc23)cc1. The van der Waals surface area contributed by atoms with Gasteiger partial charge in [0, 0.05) is 22.7 Å². The highest BCUT2D eigenvalue weighted by atomic mass is 32.2. The quantitative estimate of drug-likeness (QED) is 0.672. The number of hydrogen-bond donors (Lipinski definition) is 2. The minimum absolute atomic E-state index is 0.143. The summed E-state index contributed by atoms with van der Waals surface area (Å²) < 4.78 is 27.2. The molecule has 0 spiro atoms. The second kappa shape index (κ2) is 7.90. The fourth-order valence-electron chi connectivity index (χ4n) is 2.73. The number of nitrogens with one attached hydrogen (secondary N) is 2. The summed E-state index contributed by atoms with van der Waals surface area (Å²) in [4.78, 5) is 12.7. The minimum atomic E-state index is -3.58. The van der Waals surface area contributed by atoms with Crippen molar-refractivity contribution in [1.29, 1.82) is 0 Å². The molecule has 1 amide bonds. The molecule has 2 N–H and O–H groups in total. The van der Waals surface area contributed by atoms with Crippen molar-refractivity contribution in [1.82, 2.24) is 4.72 Å². The molecule has 1 atom stereocenters. The molecule has 0 unspecified atom stereocenters. The largest absolute Gasteiger partial charge is 0.321 e. The highest BCUT2D eigenvalue weighted by Crippen LogP contribution is 2.23. The van der Waals surface area contributed by atoms with Gasteiger partial charge < -0.3 is 5.32 Å². The summed E-state index contributed by atoms with van der Waals surface area (Å²) in [6.07, 6.45) is 0.699. The van der Waals surface area contributed by atoms with Gasteiger partial charge in [-0.25, -0.2) is 13.1 Å². The maximum atomic E-state index is 12.6. The van der Waals surface area contributed by atoms with E-state index < -0.39 is 10.0 Å². The second-order valence-electron chi connectivity index (χ2n) is 6.44. The predicted octanol–water partition coefficient (Wildman–Crippen LogP) is 4.17. The van der Waals surface area contributed by atoms with Gasteiger partial charge in [-0.2, -0.15) is 0 Å². The van der Waals surface area contributed by atoms with Crippen LogP contribution in [-0.2, 0) is 10.0 Å². The lowest BCUT2D eigenvalue weighted by Crippen LogP contribution is -2.32. The zero-order chi connectivity index (χ0) is 19.4. The van der Waals surface area contributed by atoms with Gasteiger partial charge in [0.25, 0.3) is 5.91 Å². The summed E-state index contributed by atoms with van der Waals surface area (Å²) in [6.45, 7) is 3.72. The van der Waals surface area contributed by atoms with Crippen LogP contribution in [0.1, 0.15) is 30.6 Å². The molecule has 0 fully saturated rings. The van der Waals surface area contributed by atoms with E-state index >= 15 is 0 Å². The van der Waals surface area contributed by atoms with Crippen molar-refractivity contribution in [2.24, 2.45) is 0 Å². The van der Waals surface area contributed by atoms with Crippen LogP contribution >= 0.6 is 0 Å². The lowest BCUT2D eigenvalue weighted by atomic mass is 10.1. The van der Waals surface area contributed by atoms with Gasteiger partial charge in [-0.3, -0.25) is 4.79 Å². The molecule has 5 nitrogen and oxygen atoms in total. The average molecular weight is 382 g/mol. The number of amides is 1. The summed E-state index contributed by atoms with van der Waals surface area (Å²) in [5.74, 6) is -0.287. The first kappa shape index (κ1) is 19.1. The van der Waals surface area contributed by atoms with Crippen LogP contribution < -0.4 is 10.0 Å². The fraction of sp³-hybridized carbons (Fsp3) is 0.190. The van der Waals surface area contributed by atoms with Gasteiger partial charge in [-0.1, -0.05) is 43.3 Å². The summed E-state index contributed by atoms with van der Waals surface area (Å²) >= 11 is 0. The van der Waals surface area contributed by atoms with E-state index in [0.717, 1.165) is 10.8 Å². The first-order valence-corrected chi connectivity index (χ1v) is 10.3. The molecular weight excluding hydrogens is 360 g/mol. The Labute approximate surface area is 159 Å². The molecule has 140 valence electrons. The van der Waals surface area contributed by atoms with Gasteiger partial charge in [-0.05, 0) is 49.1 Å². The second-order valence-corrected chi connectivity index (χ2v) is 8.15. The number of carbonyl (C=O) groups excluding carboxylic acids is 1. The Balaban J connectivity index is 1.80. The monoisotopic (exact) mass is 382 g/mol. The van der Waals surface area contributed by atoms with Gasteiger partial charge >= 0.3 is 0 Å². The van der Waals surface area contributed by atoms with Crippen molar-refractivity contribution in [2.45, 2.75) is 31.2 Å². The van der Waals surface area contributed by atoms with E-state index in [9.17, 15) is 13.2 Å². The molecule has 0 aromatic heterocycles. The summed E-state index contributed by atoms with van der Waals surface area (Å²) in [6, 6.07) is 19.3. The number of hydrogen-bond acceptors (Lipinski definition) is 3. The first-order valence-electron chi connectivity index (χ1n) is 8.82. The highest BCUT2D eigenvalue weighted by Gasteiger charge is 2.17. The van der Waals surface area contributed by atoms with Gasteiger partial charge in [-0.15, -0.1) is 0 Å². The lowest BCUT2D eigenvalue weighted by molar-refractivity contribution is 0.102. The number of carbonyl (C=O) groups is 1. The van der Waals surface area contributed by atoms with E-state index in [0.29, 0.717) is 17.7 Å². The van der Waals surface area contributed by atoms with E-state index in [1.807, 2.05) is 56.3 Å². The van der Waals surface area contributed by atoms with E-state index in [-0.39, 0.29) is 16.8 Å². The third-order valence-corrected chi connectivity index (χ3v) is 6.04. The van der Waals surface area contributed by atoms with E-state index in [2.05, 4.69) is 10.0 Å². The molecule has 3 aromatic rings. The summed E-state index contributed by atoms with van der Waals surface area (Å²) in [7, 11) is -3.58. The molecule has 0 radical (unpaired) electrons. The Morgan fingerprint density at radius 3 is 2.33 bits per heavy atom. The molecule has 0 aliphatic carbocycles. The lowest BCUT2D eigenvalue weighted by Gasteiger charge is -2.12. The van der Waals surface area contributed by atoms with Crippen molar-refractivity contribution >= 4 is 32.4 Å². The van der Waals surface area contributed by atoms with E-state index in [1.54, 1.807) is 0 Å². The zero-order valence-electron chi connectivity index (χ0n) is 15.3. The number of rotatable bonds is 6. The molecule has 0 aliphatic heterocycles. The minimum Gasteiger partial charge on any atom is -0.321 e. The van der Waals surface area contributed by atoms with Crippen molar-refractivity contribution in [3.8, 4) is 0 Å². The molecule has 27 heavy (non-hydrogen) atoms. The average Bonchev–Trinajstić information content (AvgIpc) is 2.68. The third-order valence-electron chi connectivity index (χ3n) is 4.43. The van der Waals surface area contributed by atoms with Crippen LogP contribution in [0.15, 0.2) is 71.6 Å². The van der Waals surface area contributed by atoms with E-state index in [4.69, 9.17) is 0 Å². The fourth-order valence-corrected chi connectivity index (χ4v) is 4.06. The normalized spacial score (nSPS) is 12.7. The van der Waals surface area contributed by atoms with Gasteiger partial charge in [0.15, 0.2) is 0 Å². The Morgan fingerprint density at radius 2 is 1.63 bits per heavy atom. The Hall–Kier alpha value is -2.70. The summed E-state index contributed by atoms with van der Waals surface area (Å²) in [5, 5.41) is 4.88. The Morgan fingerprint density at radius 1 is 0.963 bits per heavy atom. The van der Waals surface area contributed by atoms with Crippen LogP contribution in [0.25, 0.3) is 10.8 Å². The number of anilines is 1. The van der Waals surface area contributed by atoms with Gasteiger partial charge in [0.2, 0.25) is 10.0 Å². The molecular formula is C21H22N2O3S. The maximum absolute atomic E-state index is 12.6. The number of benzene rings is 3. The maximum Gasteiger partial charge on any atom is 0.255 e. The highest BCUT2D eigenvalue weighted by molar-refractivity contribution is 7.89. The molecule has 3 rings (SSSR count). The summed E-state index contributed by atoms with van der Waals surface area (Å²) in [5.41, 5.74) is 1.11. The van der Waals surface area contributed by atoms with Crippen molar-refractivity contribution in [3.63, 3.8) is 0 Å². The standard InChI is InChI=1S/C21H22N2O3S/c1-3-15(2)23-27(25,26)18-13-11-17(12-14-18)21(24)22-20-10-6-8-16-7-4-5-9-19(16)20/h4-15,23H,3H2,1-2H3,(H,22,24)/t15-/m1/s1. The van der Waals surface area contributed by atoms with Crippen LogP contribution in [0.4, 0.5) is 5.69 Å². The third kappa shape index (κ3) is 4.35. The molecule has 0 saturated heterocycles. The molecule has 0 bridgehead atoms. The van der Waals surface area contributed by atoms with Crippen LogP contribution in [0.3, 0.4) is 0 Å². The first-order chi connectivity index (χ1) is 12.9. The van der Waals surface area contributed by atoms with Crippen molar-refractivity contribution in [2.75, 3.05) is 5.32 Å².